The molecule has 0 saturated carbocycles. The van der Waals surface area contributed by atoms with Crippen molar-refractivity contribution in [2.75, 3.05) is 6.61 Å². The number of aryl methyl sites for hydroxylation is 1. The van der Waals surface area contributed by atoms with Crippen LogP contribution in [0.2, 0.25) is 10.0 Å². The van der Waals surface area contributed by atoms with Gasteiger partial charge in [-0.3, -0.25) is 4.79 Å². The first-order valence-corrected chi connectivity index (χ1v) is 12.5. The van der Waals surface area contributed by atoms with E-state index in [1.54, 1.807) is 30.3 Å². The van der Waals surface area contributed by atoms with Crippen molar-refractivity contribution in [1.29, 1.82) is 0 Å². The number of Topliss-reactive ketones (excluding diaryl/α,β-unsaturated/α-hetero) is 1. The maximum absolute atomic E-state index is 12.9. The highest BCUT2D eigenvalue weighted by Gasteiger charge is 2.22. The van der Waals surface area contributed by atoms with Gasteiger partial charge in [-0.05, 0) is 42.3 Å². The number of halogens is 2. The number of benzene rings is 4. The van der Waals surface area contributed by atoms with Gasteiger partial charge in [0.05, 0.1) is 15.7 Å². The van der Waals surface area contributed by atoms with Gasteiger partial charge in [-0.25, -0.2) is 14.5 Å². The van der Waals surface area contributed by atoms with Crippen LogP contribution in [0.4, 0.5) is 0 Å². The Bertz CT molecular complexity index is 1630. The summed E-state index contributed by atoms with van der Waals surface area (Å²) in [7, 11) is 0. The predicted molar refractivity (Wildman–Crippen MR) is 148 cm³/mol. The normalized spacial score (nSPS) is 10.8. The first-order chi connectivity index (χ1) is 18.4. The number of carbonyl (C=O) groups excluding carboxylic acids is 2. The summed E-state index contributed by atoms with van der Waals surface area (Å²) in [6.07, 6.45) is 0. The second-order valence-corrected chi connectivity index (χ2v) is 9.40. The van der Waals surface area contributed by atoms with Crippen LogP contribution in [0, 0.1) is 6.92 Å². The zero-order valence-electron chi connectivity index (χ0n) is 20.3. The number of rotatable bonds is 7. The zero-order valence-corrected chi connectivity index (χ0v) is 21.8. The minimum Gasteiger partial charge on any atom is -0.451 e. The van der Waals surface area contributed by atoms with Gasteiger partial charge in [0.15, 0.2) is 18.2 Å². The molecule has 0 bridgehead atoms. The highest BCUT2D eigenvalue weighted by molar-refractivity contribution is 6.42. The Morgan fingerprint density at radius 2 is 1.50 bits per heavy atom. The number of esters is 1. The van der Waals surface area contributed by atoms with Gasteiger partial charge in [-0.2, -0.15) is 0 Å². The lowest BCUT2D eigenvalue weighted by molar-refractivity contribution is 0.0462. The molecule has 0 fully saturated rings. The topological polar surface area (TPSA) is 74.1 Å². The van der Waals surface area contributed by atoms with Crippen molar-refractivity contribution >= 4 is 35.0 Å². The molecule has 188 valence electrons. The van der Waals surface area contributed by atoms with Crippen molar-refractivity contribution in [2.45, 2.75) is 6.92 Å². The largest absolute Gasteiger partial charge is 0.451 e. The number of aromatic nitrogens is 3. The van der Waals surface area contributed by atoms with Gasteiger partial charge in [0.1, 0.15) is 0 Å². The van der Waals surface area contributed by atoms with E-state index in [9.17, 15) is 9.59 Å². The molecule has 0 unspecified atom stereocenters. The third-order valence-electron chi connectivity index (χ3n) is 5.86. The molecule has 0 spiro atoms. The number of ether oxygens (including phenoxy) is 1. The number of hydrogen-bond donors (Lipinski definition) is 0. The highest BCUT2D eigenvalue weighted by atomic mass is 35.5. The van der Waals surface area contributed by atoms with Crippen LogP contribution < -0.4 is 0 Å². The fraction of sp³-hybridized carbons (Fsp3) is 0.0667. The van der Waals surface area contributed by atoms with Crippen molar-refractivity contribution in [3.8, 4) is 28.2 Å². The molecule has 0 aliphatic carbocycles. The third kappa shape index (κ3) is 5.52. The van der Waals surface area contributed by atoms with E-state index in [0.29, 0.717) is 27.1 Å². The van der Waals surface area contributed by atoms with Gasteiger partial charge in [0.2, 0.25) is 0 Å². The van der Waals surface area contributed by atoms with Crippen LogP contribution in [-0.2, 0) is 4.74 Å². The molecule has 5 aromatic rings. The van der Waals surface area contributed by atoms with E-state index in [-0.39, 0.29) is 11.6 Å². The third-order valence-corrected chi connectivity index (χ3v) is 6.60. The molecule has 0 radical (unpaired) electrons. The van der Waals surface area contributed by atoms with Crippen LogP contribution in [0.25, 0.3) is 28.2 Å². The number of hydrogen-bond acceptors (Lipinski definition) is 5. The SMILES string of the molecule is Cc1cccc(-c2nc(C(=O)OCC(=O)c3ccc(-c4ccccc4)cc3)nn2-c2ccc(Cl)c(Cl)c2)c1. The molecule has 6 nitrogen and oxygen atoms in total. The van der Waals surface area contributed by atoms with Gasteiger partial charge in [-0.15, -0.1) is 5.10 Å². The number of nitrogens with zero attached hydrogens (tertiary/aromatic N) is 3. The predicted octanol–water partition coefficient (Wildman–Crippen LogP) is 7.26. The van der Waals surface area contributed by atoms with Crippen molar-refractivity contribution < 1.29 is 14.3 Å². The van der Waals surface area contributed by atoms with Crippen molar-refractivity contribution in [1.82, 2.24) is 14.8 Å². The van der Waals surface area contributed by atoms with Crippen LogP contribution >= 0.6 is 23.2 Å². The first-order valence-electron chi connectivity index (χ1n) is 11.7. The van der Waals surface area contributed by atoms with E-state index in [2.05, 4.69) is 10.1 Å². The summed E-state index contributed by atoms with van der Waals surface area (Å²) in [6.45, 7) is 1.52. The van der Waals surface area contributed by atoms with E-state index in [0.717, 1.165) is 22.3 Å². The molecule has 4 aromatic carbocycles. The van der Waals surface area contributed by atoms with E-state index < -0.39 is 12.6 Å². The summed E-state index contributed by atoms with van der Waals surface area (Å²) < 4.78 is 6.79. The minimum absolute atomic E-state index is 0.181. The Balaban J connectivity index is 1.36. The zero-order chi connectivity index (χ0) is 26.6. The molecule has 38 heavy (non-hydrogen) atoms. The summed E-state index contributed by atoms with van der Waals surface area (Å²) in [5.41, 5.74) is 4.80. The molecule has 0 saturated heterocycles. The Morgan fingerprint density at radius 1 is 0.789 bits per heavy atom. The van der Waals surface area contributed by atoms with E-state index in [4.69, 9.17) is 27.9 Å². The van der Waals surface area contributed by atoms with Gasteiger partial charge < -0.3 is 4.74 Å². The molecule has 0 aliphatic heterocycles. The van der Waals surface area contributed by atoms with Gasteiger partial charge in [0, 0.05) is 11.1 Å². The van der Waals surface area contributed by atoms with Gasteiger partial charge in [0.25, 0.3) is 5.82 Å². The monoisotopic (exact) mass is 541 g/mol. The average molecular weight is 542 g/mol. The summed E-state index contributed by atoms with van der Waals surface area (Å²) in [6, 6.07) is 29.6. The molecule has 0 atom stereocenters. The van der Waals surface area contributed by atoms with Crippen molar-refractivity contribution in [2.24, 2.45) is 0 Å². The van der Waals surface area contributed by atoms with Crippen LogP contribution in [0.1, 0.15) is 26.5 Å². The smallest absolute Gasteiger partial charge is 0.378 e. The number of carbonyl (C=O) groups is 2. The molecule has 1 aromatic heterocycles. The van der Waals surface area contributed by atoms with Crippen LogP contribution in [-0.4, -0.2) is 33.1 Å². The quantitative estimate of drug-likeness (QED) is 0.160. The Kier molecular flexibility index (Phi) is 7.36. The number of ketones is 1. The maximum Gasteiger partial charge on any atom is 0.378 e. The summed E-state index contributed by atoms with van der Waals surface area (Å²) in [5, 5.41) is 5.10. The molecular weight excluding hydrogens is 521 g/mol. The van der Waals surface area contributed by atoms with Crippen LogP contribution in [0.3, 0.4) is 0 Å². The second kappa shape index (κ2) is 11.0. The van der Waals surface area contributed by atoms with E-state index in [1.807, 2.05) is 73.7 Å². The van der Waals surface area contributed by atoms with Crippen LogP contribution in [0.5, 0.6) is 0 Å². The molecule has 5 rings (SSSR count). The lowest BCUT2D eigenvalue weighted by atomic mass is 10.0. The fourth-order valence-corrected chi connectivity index (χ4v) is 4.22. The summed E-state index contributed by atoms with van der Waals surface area (Å²) in [4.78, 5) is 30.0. The lowest BCUT2D eigenvalue weighted by Gasteiger charge is -2.07. The Labute approximate surface area is 229 Å². The average Bonchev–Trinajstić information content (AvgIpc) is 3.39. The maximum atomic E-state index is 12.9. The standard InChI is InChI=1S/C30H21Cl2N3O3/c1-19-6-5-9-23(16-19)29-33-28(34-35(29)24-14-15-25(31)26(32)17-24)30(37)38-18-27(36)22-12-10-21(11-13-22)20-7-3-2-4-8-20/h2-17H,18H2,1H3. The molecule has 1 heterocycles. The van der Waals surface area contributed by atoms with Crippen LogP contribution in [0.15, 0.2) is 97.1 Å². The van der Waals surface area contributed by atoms with E-state index in [1.165, 1.54) is 4.68 Å². The summed E-state index contributed by atoms with van der Waals surface area (Å²) in [5.74, 6) is -0.908. The minimum atomic E-state index is -0.813. The lowest BCUT2D eigenvalue weighted by Crippen LogP contribution is -2.15. The highest BCUT2D eigenvalue weighted by Crippen LogP contribution is 2.28. The Hall–Kier alpha value is -4.26. The molecule has 0 amide bonds. The fourth-order valence-electron chi connectivity index (χ4n) is 3.92. The van der Waals surface area contributed by atoms with E-state index >= 15 is 0 Å². The first kappa shape index (κ1) is 25.4. The summed E-state index contributed by atoms with van der Waals surface area (Å²) >= 11 is 12.3. The Morgan fingerprint density at radius 3 is 2.21 bits per heavy atom. The molecular formula is C30H21Cl2N3O3. The van der Waals surface area contributed by atoms with Gasteiger partial charge in [-0.1, -0.05) is 102 Å². The van der Waals surface area contributed by atoms with Crippen molar-refractivity contribution in [3.63, 3.8) is 0 Å². The molecule has 0 aliphatic rings. The van der Waals surface area contributed by atoms with Gasteiger partial charge >= 0.3 is 5.97 Å². The molecule has 0 N–H and O–H groups in total. The van der Waals surface area contributed by atoms with Crippen molar-refractivity contribution in [3.05, 3.63) is 124 Å². The second-order valence-electron chi connectivity index (χ2n) is 8.58. The molecule has 8 heteroatoms.